The maximum Gasteiger partial charge on any atom is 0.128 e. The van der Waals surface area contributed by atoms with Crippen LogP contribution < -0.4 is 10.2 Å². The van der Waals surface area contributed by atoms with E-state index in [0.717, 1.165) is 30.9 Å². The molecule has 0 spiro atoms. The van der Waals surface area contributed by atoms with E-state index >= 15 is 0 Å². The molecule has 2 nitrogen and oxygen atoms in total. The van der Waals surface area contributed by atoms with Crippen LogP contribution in [0.2, 0.25) is 0 Å². The molecule has 0 radical (unpaired) electrons. The molecular formula is C11H15FN2. The van der Waals surface area contributed by atoms with Gasteiger partial charge in [-0.2, -0.15) is 0 Å². The van der Waals surface area contributed by atoms with Gasteiger partial charge >= 0.3 is 0 Å². The van der Waals surface area contributed by atoms with Crippen LogP contribution in [0.3, 0.4) is 0 Å². The van der Waals surface area contributed by atoms with E-state index in [2.05, 4.69) is 10.2 Å². The van der Waals surface area contributed by atoms with Crippen molar-refractivity contribution in [2.45, 2.75) is 13.3 Å². The minimum Gasteiger partial charge on any atom is -0.383 e. The molecule has 1 aliphatic rings. The van der Waals surface area contributed by atoms with Crippen LogP contribution in [0.4, 0.5) is 15.8 Å². The first-order chi connectivity index (χ1) is 6.68. The Hall–Kier alpha value is -1.25. The van der Waals surface area contributed by atoms with Crippen LogP contribution in [-0.4, -0.2) is 20.1 Å². The van der Waals surface area contributed by atoms with Gasteiger partial charge in [-0.25, -0.2) is 4.39 Å². The Morgan fingerprint density at radius 1 is 1.43 bits per heavy atom. The lowest BCUT2D eigenvalue weighted by Crippen LogP contribution is -2.17. The molecule has 0 fully saturated rings. The molecule has 0 saturated carbocycles. The van der Waals surface area contributed by atoms with Crippen molar-refractivity contribution in [1.82, 2.24) is 0 Å². The Morgan fingerprint density at radius 3 is 3.00 bits per heavy atom. The van der Waals surface area contributed by atoms with Gasteiger partial charge in [0, 0.05) is 20.1 Å². The minimum atomic E-state index is -0.133. The highest BCUT2D eigenvalue weighted by molar-refractivity contribution is 5.71. The predicted molar refractivity (Wildman–Crippen MR) is 57.5 cm³/mol. The van der Waals surface area contributed by atoms with E-state index in [4.69, 9.17) is 0 Å². The predicted octanol–water partition coefficient (Wildman–Crippen LogP) is 2.39. The molecule has 76 valence electrons. The van der Waals surface area contributed by atoms with Gasteiger partial charge in [0.05, 0.1) is 11.4 Å². The van der Waals surface area contributed by atoms with Crippen LogP contribution in [0.5, 0.6) is 0 Å². The lowest BCUT2D eigenvalue weighted by Gasteiger charge is -2.19. The SMILES string of the molecule is Cc1cc2c(cc1F)NCCCN2C. The van der Waals surface area contributed by atoms with Gasteiger partial charge in [-0.1, -0.05) is 0 Å². The highest BCUT2D eigenvalue weighted by Gasteiger charge is 2.13. The minimum absolute atomic E-state index is 0.133. The van der Waals surface area contributed by atoms with Crippen LogP contribution >= 0.6 is 0 Å². The fourth-order valence-corrected chi connectivity index (χ4v) is 1.78. The van der Waals surface area contributed by atoms with Crippen molar-refractivity contribution in [3.05, 3.63) is 23.5 Å². The Balaban J connectivity index is 2.49. The van der Waals surface area contributed by atoms with Crippen molar-refractivity contribution in [1.29, 1.82) is 0 Å². The number of benzene rings is 1. The van der Waals surface area contributed by atoms with Gasteiger partial charge in [0.25, 0.3) is 0 Å². The Kier molecular flexibility index (Phi) is 2.32. The third-order valence-electron chi connectivity index (χ3n) is 2.67. The second-order valence-corrected chi connectivity index (χ2v) is 3.82. The summed E-state index contributed by atoms with van der Waals surface area (Å²) in [6.45, 7) is 3.74. The Morgan fingerprint density at radius 2 is 2.21 bits per heavy atom. The first kappa shape index (κ1) is 9.31. The summed E-state index contributed by atoms with van der Waals surface area (Å²) < 4.78 is 13.3. The van der Waals surface area contributed by atoms with Crippen molar-refractivity contribution in [3.63, 3.8) is 0 Å². The quantitative estimate of drug-likeness (QED) is 0.682. The average Bonchev–Trinajstić information content (AvgIpc) is 2.31. The smallest absolute Gasteiger partial charge is 0.128 e. The molecule has 0 unspecified atom stereocenters. The third kappa shape index (κ3) is 1.54. The zero-order valence-electron chi connectivity index (χ0n) is 8.60. The number of fused-ring (bicyclic) bond motifs is 1. The first-order valence-electron chi connectivity index (χ1n) is 4.93. The highest BCUT2D eigenvalue weighted by Crippen LogP contribution is 2.29. The van der Waals surface area contributed by atoms with Crippen molar-refractivity contribution in [2.24, 2.45) is 0 Å². The molecule has 3 heteroatoms. The van der Waals surface area contributed by atoms with Gasteiger partial charge in [0.2, 0.25) is 0 Å². The van der Waals surface area contributed by atoms with E-state index in [1.54, 1.807) is 13.0 Å². The second kappa shape index (κ2) is 3.48. The number of anilines is 2. The van der Waals surface area contributed by atoms with E-state index in [1.807, 2.05) is 13.1 Å². The molecule has 0 atom stereocenters. The Labute approximate surface area is 83.7 Å². The first-order valence-corrected chi connectivity index (χ1v) is 4.93. The standard InChI is InChI=1S/C11H15FN2/c1-8-6-11-10(7-9(8)12)13-4-3-5-14(11)2/h6-7,13H,3-5H2,1-2H3. The van der Waals surface area contributed by atoms with Gasteiger partial charge in [0.15, 0.2) is 0 Å². The normalized spacial score (nSPS) is 15.8. The summed E-state index contributed by atoms with van der Waals surface area (Å²) in [5.74, 6) is -0.133. The molecular weight excluding hydrogens is 179 g/mol. The topological polar surface area (TPSA) is 15.3 Å². The molecule has 1 aromatic rings. The van der Waals surface area contributed by atoms with E-state index in [-0.39, 0.29) is 5.82 Å². The number of rotatable bonds is 0. The summed E-state index contributed by atoms with van der Waals surface area (Å²) in [6, 6.07) is 3.50. The van der Waals surface area contributed by atoms with E-state index in [9.17, 15) is 4.39 Å². The lowest BCUT2D eigenvalue weighted by molar-refractivity contribution is 0.619. The van der Waals surface area contributed by atoms with Crippen LogP contribution in [0.15, 0.2) is 12.1 Å². The van der Waals surface area contributed by atoms with Gasteiger partial charge in [0.1, 0.15) is 5.82 Å². The lowest BCUT2D eigenvalue weighted by atomic mass is 10.1. The summed E-state index contributed by atoms with van der Waals surface area (Å²) in [6.07, 6.45) is 1.09. The maximum atomic E-state index is 13.3. The maximum absolute atomic E-state index is 13.3. The molecule has 1 heterocycles. The van der Waals surface area contributed by atoms with E-state index < -0.39 is 0 Å². The molecule has 0 aromatic heterocycles. The summed E-state index contributed by atoms with van der Waals surface area (Å²) in [5.41, 5.74) is 2.72. The zero-order chi connectivity index (χ0) is 10.1. The number of halogens is 1. The van der Waals surface area contributed by atoms with Crippen LogP contribution in [0.1, 0.15) is 12.0 Å². The van der Waals surface area contributed by atoms with E-state index in [1.165, 1.54) is 0 Å². The number of nitrogens with one attached hydrogen (secondary N) is 1. The number of hydrogen-bond donors (Lipinski definition) is 1. The van der Waals surface area contributed by atoms with Gasteiger partial charge in [-0.3, -0.25) is 0 Å². The molecule has 1 aromatic carbocycles. The van der Waals surface area contributed by atoms with Gasteiger partial charge < -0.3 is 10.2 Å². The van der Waals surface area contributed by atoms with Gasteiger partial charge in [-0.05, 0) is 31.0 Å². The van der Waals surface area contributed by atoms with Crippen molar-refractivity contribution in [3.8, 4) is 0 Å². The largest absolute Gasteiger partial charge is 0.383 e. The van der Waals surface area contributed by atoms with Gasteiger partial charge in [-0.15, -0.1) is 0 Å². The molecule has 14 heavy (non-hydrogen) atoms. The van der Waals surface area contributed by atoms with E-state index in [0.29, 0.717) is 5.56 Å². The molecule has 1 aliphatic heterocycles. The summed E-state index contributed by atoms with van der Waals surface area (Å²) >= 11 is 0. The average molecular weight is 194 g/mol. The van der Waals surface area contributed by atoms with Crippen molar-refractivity contribution < 1.29 is 4.39 Å². The number of hydrogen-bond acceptors (Lipinski definition) is 2. The molecule has 2 rings (SSSR count). The fraction of sp³-hybridized carbons (Fsp3) is 0.455. The highest BCUT2D eigenvalue weighted by atomic mass is 19.1. The second-order valence-electron chi connectivity index (χ2n) is 3.82. The zero-order valence-corrected chi connectivity index (χ0v) is 8.60. The fourth-order valence-electron chi connectivity index (χ4n) is 1.78. The van der Waals surface area contributed by atoms with Crippen LogP contribution in [0.25, 0.3) is 0 Å². The molecule has 0 amide bonds. The monoisotopic (exact) mass is 194 g/mol. The van der Waals surface area contributed by atoms with Crippen molar-refractivity contribution in [2.75, 3.05) is 30.4 Å². The third-order valence-corrected chi connectivity index (χ3v) is 2.67. The number of aryl methyl sites for hydroxylation is 1. The van der Waals surface area contributed by atoms with Crippen molar-refractivity contribution >= 4 is 11.4 Å². The van der Waals surface area contributed by atoms with Crippen LogP contribution in [-0.2, 0) is 0 Å². The number of nitrogens with zero attached hydrogens (tertiary/aromatic N) is 1. The molecule has 0 aliphatic carbocycles. The molecule has 1 N–H and O–H groups in total. The summed E-state index contributed by atoms with van der Waals surface area (Å²) in [5, 5.41) is 3.24. The Bertz CT molecular complexity index is 349. The molecule has 0 bridgehead atoms. The summed E-state index contributed by atoms with van der Waals surface area (Å²) in [4.78, 5) is 2.17. The van der Waals surface area contributed by atoms with Crippen LogP contribution in [0, 0.1) is 12.7 Å². The molecule has 0 saturated heterocycles. The summed E-state index contributed by atoms with van der Waals surface area (Å²) in [7, 11) is 2.04.